The summed E-state index contributed by atoms with van der Waals surface area (Å²) < 4.78 is 5.40. The zero-order chi connectivity index (χ0) is 17.2. The minimum absolute atomic E-state index is 0.0224. The van der Waals surface area contributed by atoms with Crippen LogP contribution in [0.25, 0.3) is 0 Å². The Morgan fingerprint density at radius 3 is 2.39 bits per heavy atom. The molecule has 23 heavy (non-hydrogen) atoms. The summed E-state index contributed by atoms with van der Waals surface area (Å²) in [6.45, 7) is 7.04. The van der Waals surface area contributed by atoms with Crippen LogP contribution in [0.2, 0.25) is 0 Å². The van der Waals surface area contributed by atoms with E-state index in [1.165, 1.54) is 12.8 Å². The number of hydrogen-bond acceptors (Lipinski definition) is 5. The quantitative estimate of drug-likeness (QED) is 0.356. The Morgan fingerprint density at radius 1 is 1.35 bits per heavy atom. The molecule has 1 aliphatic carbocycles. The van der Waals surface area contributed by atoms with Crippen LogP contribution in [-0.2, 0) is 4.74 Å². The Morgan fingerprint density at radius 2 is 1.91 bits per heavy atom. The van der Waals surface area contributed by atoms with Crippen LogP contribution in [-0.4, -0.2) is 64.8 Å². The van der Waals surface area contributed by atoms with Crippen molar-refractivity contribution in [1.82, 2.24) is 9.80 Å². The lowest BCUT2D eigenvalue weighted by Gasteiger charge is -2.48. The summed E-state index contributed by atoms with van der Waals surface area (Å²) in [5.74, 6) is 0.731. The summed E-state index contributed by atoms with van der Waals surface area (Å²) in [4.78, 5) is 16.0. The van der Waals surface area contributed by atoms with Gasteiger partial charge >= 0.3 is 6.09 Å². The molecule has 1 saturated carbocycles. The van der Waals surface area contributed by atoms with Crippen molar-refractivity contribution in [1.29, 1.82) is 0 Å². The summed E-state index contributed by atoms with van der Waals surface area (Å²) >= 11 is 0. The monoisotopic (exact) mass is 326 g/mol. The van der Waals surface area contributed by atoms with E-state index in [9.17, 15) is 4.79 Å². The molecule has 0 aromatic rings. The van der Waals surface area contributed by atoms with Crippen molar-refractivity contribution in [2.24, 2.45) is 16.8 Å². The van der Waals surface area contributed by atoms with Crippen LogP contribution in [0.15, 0.2) is 5.16 Å². The van der Waals surface area contributed by atoms with Gasteiger partial charge in [0.15, 0.2) is 5.84 Å². The standard InChI is InChI=1S/C16H30N4O3/c1-16(2,3)23-15(21)19(4)12-9-20(10-12)13(14(17)18-22)11-7-5-6-8-11/h11-13,22H,5-10H2,1-4H3,(H2,17,18). The average Bonchev–Trinajstić information content (AvgIpc) is 2.92. The third kappa shape index (κ3) is 4.28. The van der Waals surface area contributed by atoms with Crippen molar-refractivity contribution in [3.05, 3.63) is 0 Å². The number of amides is 1. The highest BCUT2D eigenvalue weighted by Gasteiger charge is 2.42. The fraction of sp³-hybridized carbons (Fsp3) is 0.875. The van der Waals surface area contributed by atoms with Gasteiger partial charge in [-0.2, -0.15) is 0 Å². The highest BCUT2D eigenvalue weighted by atomic mass is 16.6. The molecule has 3 N–H and O–H groups in total. The lowest BCUT2D eigenvalue weighted by Crippen LogP contribution is -2.66. The van der Waals surface area contributed by atoms with Gasteiger partial charge in [-0.25, -0.2) is 4.79 Å². The fourth-order valence-electron chi connectivity index (χ4n) is 3.50. The lowest BCUT2D eigenvalue weighted by atomic mass is 9.91. The Balaban J connectivity index is 1.92. The van der Waals surface area contributed by atoms with Gasteiger partial charge in [-0.1, -0.05) is 18.0 Å². The molecule has 1 saturated heterocycles. The summed E-state index contributed by atoms with van der Waals surface area (Å²) in [5, 5.41) is 12.3. The predicted octanol–water partition coefficient (Wildman–Crippen LogP) is 1.84. The van der Waals surface area contributed by atoms with Crippen LogP contribution < -0.4 is 5.73 Å². The van der Waals surface area contributed by atoms with E-state index < -0.39 is 5.60 Å². The third-order valence-electron chi connectivity index (χ3n) is 4.78. The second-order valence-electron chi connectivity index (χ2n) is 7.71. The van der Waals surface area contributed by atoms with Gasteiger partial charge in [0.2, 0.25) is 0 Å². The van der Waals surface area contributed by atoms with Crippen molar-refractivity contribution in [3.8, 4) is 0 Å². The van der Waals surface area contributed by atoms with Crippen LogP contribution in [0.3, 0.4) is 0 Å². The van der Waals surface area contributed by atoms with Gasteiger partial charge in [-0.05, 0) is 39.5 Å². The lowest BCUT2D eigenvalue weighted by molar-refractivity contribution is -0.0141. The van der Waals surface area contributed by atoms with Crippen LogP contribution in [0.1, 0.15) is 46.5 Å². The van der Waals surface area contributed by atoms with Gasteiger partial charge in [0.25, 0.3) is 0 Å². The number of ether oxygens (including phenoxy) is 1. The van der Waals surface area contributed by atoms with Crippen LogP contribution in [0, 0.1) is 5.92 Å². The first-order valence-electron chi connectivity index (χ1n) is 8.40. The molecule has 1 amide bonds. The molecule has 1 unspecified atom stereocenters. The van der Waals surface area contributed by atoms with Crippen LogP contribution in [0.5, 0.6) is 0 Å². The summed E-state index contributed by atoms with van der Waals surface area (Å²) in [6.07, 6.45) is 4.33. The third-order valence-corrected chi connectivity index (χ3v) is 4.78. The number of nitrogens with two attached hydrogens (primary N) is 1. The number of carbonyl (C=O) groups excluding carboxylic acids is 1. The van der Waals surface area contributed by atoms with E-state index in [4.69, 9.17) is 15.7 Å². The number of rotatable bonds is 4. The van der Waals surface area contributed by atoms with E-state index in [0.29, 0.717) is 5.92 Å². The largest absolute Gasteiger partial charge is 0.444 e. The second-order valence-corrected chi connectivity index (χ2v) is 7.71. The molecule has 2 fully saturated rings. The molecular weight excluding hydrogens is 296 g/mol. The number of hydrogen-bond donors (Lipinski definition) is 2. The van der Waals surface area contributed by atoms with Crippen LogP contribution in [0.4, 0.5) is 4.79 Å². The van der Waals surface area contributed by atoms with Crippen molar-refractivity contribution in [2.45, 2.75) is 64.1 Å². The van der Waals surface area contributed by atoms with E-state index in [2.05, 4.69) is 10.1 Å². The smallest absolute Gasteiger partial charge is 0.410 e. The Hall–Kier alpha value is -1.50. The number of carbonyl (C=O) groups is 1. The van der Waals surface area contributed by atoms with Crippen molar-refractivity contribution in [2.75, 3.05) is 20.1 Å². The first kappa shape index (κ1) is 17.8. The molecule has 1 heterocycles. The molecule has 0 bridgehead atoms. The molecule has 0 spiro atoms. The average molecular weight is 326 g/mol. The molecule has 7 nitrogen and oxygen atoms in total. The molecular formula is C16H30N4O3. The molecule has 2 rings (SSSR count). The van der Waals surface area contributed by atoms with Crippen molar-refractivity contribution >= 4 is 11.9 Å². The van der Waals surface area contributed by atoms with Gasteiger partial charge in [-0.15, -0.1) is 0 Å². The topological polar surface area (TPSA) is 91.4 Å². The van der Waals surface area contributed by atoms with Crippen molar-refractivity contribution in [3.63, 3.8) is 0 Å². The van der Waals surface area contributed by atoms with Crippen molar-refractivity contribution < 1.29 is 14.7 Å². The SMILES string of the molecule is CN(C(=O)OC(C)(C)C)C1CN(C(/C(N)=N/O)C2CCCC2)C1. The molecule has 7 heteroatoms. The Kier molecular flexibility index (Phi) is 5.39. The number of likely N-dealkylation sites (N-methyl/N-ethyl adjacent to an activating group) is 1. The molecule has 1 atom stereocenters. The maximum Gasteiger partial charge on any atom is 0.410 e. The minimum atomic E-state index is -0.491. The van der Waals surface area contributed by atoms with E-state index >= 15 is 0 Å². The van der Waals surface area contributed by atoms with Gasteiger partial charge in [-0.3, -0.25) is 4.90 Å². The zero-order valence-corrected chi connectivity index (χ0v) is 14.7. The van der Waals surface area contributed by atoms with Gasteiger partial charge in [0, 0.05) is 20.1 Å². The molecule has 1 aliphatic heterocycles. The summed E-state index contributed by atoms with van der Waals surface area (Å²) in [7, 11) is 1.77. The first-order chi connectivity index (χ1) is 10.7. The Labute approximate surface area is 138 Å². The zero-order valence-electron chi connectivity index (χ0n) is 14.7. The van der Waals surface area contributed by atoms with E-state index in [-0.39, 0.29) is 24.0 Å². The minimum Gasteiger partial charge on any atom is -0.444 e. The highest BCUT2D eigenvalue weighted by molar-refractivity contribution is 5.85. The fourth-order valence-corrected chi connectivity index (χ4v) is 3.50. The number of nitrogens with zero attached hydrogens (tertiary/aromatic N) is 3. The molecule has 2 aliphatic rings. The predicted molar refractivity (Wildman–Crippen MR) is 88.5 cm³/mol. The molecule has 0 radical (unpaired) electrons. The Bertz CT molecular complexity index is 449. The maximum atomic E-state index is 12.1. The molecule has 0 aromatic carbocycles. The maximum absolute atomic E-state index is 12.1. The van der Waals surface area contributed by atoms with E-state index in [1.807, 2.05) is 20.8 Å². The van der Waals surface area contributed by atoms with Gasteiger partial charge in [0.05, 0.1) is 12.1 Å². The summed E-state index contributed by atoms with van der Waals surface area (Å²) in [6, 6.07) is 0.0889. The van der Waals surface area contributed by atoms with E-state index in [0.717, 1.165) is 25.9 Å². The number of likely N-dealkylation sites (tertiary alicyclic amines) is 1. The number of amidine groups is 1. The second kappa shape index (κ2) is 6.95. The summed E-state index contributed by atoms with van der Waals surface area (Å²) in [5.41, 5.74) is 5.43. The number of oxime groups is 1. The molecule has 0 aromatic heterocycles. The normalized spacial score (nSPS) is 22.7. The van der Waals surface area contributed by atoms with Crippen LogP contribution >= 0.6 is 0 Å². The highest BCUT2D eigenvalue weighted by Crippen LogP contribution is 2.33. The first-order valence-corrected chi connectivity index (χ1v) is 8.40. The molecule has 132 valence electrons. The van der Waals surface area contributed by atoms with Gasteiger partial charge < -0.3 is 20.6 Å². The van der Waals surface area contributed by atoms with Gasteiger partial charge in [0.1, 0.15) is 5.60 Å². The van der Waals surface area contributed by atoms with E-state index in [1.54, 1.807) is 11.9 Å².